The number of aromatic nitrogens is 3. The molecule has 3 aromatic rings. The number of imidazole rings is 1. The van der Waals surface area contributed by atoms with E-state index in [-0.39, 0.29) is 6.04 Å². The molecule has 0 bridgehead atoms. The zero-order valence-corrected chi connectivity index (χ0v) is 12.0. The predicted molar refractivity (Wildman–Crippen MR) is 79.5 cm³/mol. The van der Waals surface area contributed by atoms with Crippen LogP contribution in [-0.2, 0) is 0 Å². The second-order valence-corrected chi connectivity index (χ2v) is 5.67. The van der Waals surface area contributed by atoms with Crippen LogP contribution >= 0.6 is 11.3 Å². The topological polar surface area (TPSA) is 56.7 Å². The minimum atomic E-state index is 0.187. The second kappa shape index (κ2) is 4.35. The number of anilines is 1. The molecule has 4 nitrogen and oxygen atoms in total. The van der Waals surface area contributed by atoms with Gasteiger partial charge in [-0.25, -0.2) is 9.97 Å². The first-order valence-corrected chi connectivity index (χ1v) is 7.10. The quantitative estimate of drug-likeness (QED) is 0.728. The highest BCUT2D eigenvalue weighted by atomic mass is 32.1. The van der Waals surface area contributed by atoms with E-state index < -0.39 is 0 Å². The Hall–Kier alpha value is -1.88. The Morgan fingerprint density at radius 2 is 2.05 bits per heavy atom. The van der Waals surface area contributed by atoms with E-state index in [1.54, 1.807) is 11.3 Å². The average molecular weight is 272 g/mol. The lowest BCUT2D eigenvalue weighted by molar-refractivity contribution is 0.632. The summed E-state index contributed by atoms with van der Waals surface area (Å²) in [5.41, 5.74) is 9.67. The van der Waals surface area contributed by atoms with Gasteiger partial charge in [-0.05, 0) is 39.0 Å². The summed E-state index contributed by atoms with van der Waals surface area (Å²) in [5, 5.41) is 3.19. The molecule has 0 aliphatic carbocycles. The van der Waals surface area contributed by atoms with E-state index in [2.05, 4.69) is 26.8 Å². The van der Waals surface area contributed by atoms with E-state index in [9.17, 15) is 0 Å². The third kappa shape index (κ3) is 2.00. The van der Waals surface area contributed by atoms with Gasteiger partial charge in [0.05, 0.1) is 17.1 Å². The van der Waals surface area contributed by atoms with Crippen molar-refractivity contribution in [1.29, 1.82) is 0 Å². The Balaban J connectivity index is 2.16. The molecule has 1 unspecified atom stereocenters. The number of aryl methyl sites for hydroxylation is 2. The molecule has 0 spiro atoms. The lowest BCUT2D eigenvalue weighted by Gasteiger charge is -2.13. The van der Waals surface area contributed by atoms with Gasteiger partial charge < -0.3 is 10.3 Å². The fourth-order valence-electron chi connectivity index (χ4n) is 2.40. The van der Waals surface area contributed by atoms with Crippen LogP contribution in [0, 0.1) is 13.8 Å². The molecule has 0 saturated carbocycles. The SMILES string of the molecule is Cc1csc(C(C)n2c(C)nc3cc(N)ccc32)n1. The number of nitrogens with zero attached hydrogens (tertiary/aromatic N) is 3. The summed E-state index contributed by atoms with van der Waals surface area (Å²) in [4.78, 5) is 9.16. The van der Waals surface area contributed by atoms with Gasteiger partial charge in [0.25, 0.3) is 0 Å². The molecule has 0 radical (unpaired) electrons. The van der Waals surface area contributed by atoms with Gasteiger partial charge in [-0.1, -0.05) is 0 Å². The van der Waals surface area contributed by atoms with Crippen molar-refractivity contribution in [1.82, 2.24) is 14.5 Å². The lowest BCUT2D eigenvalue weighted by Crippen LogP contribution is -2.08. The number of fused-ring (bicyclic) bond motifs is 1. The number of benzene rings is 1. The van der Waals surface area contributed by atoms with Crippen molar-refractivity contribution in [2.75, 3.05) is 5.73 Å². The Morgan fingerprint density at radius 3 is 2.74 bits per heavy atom. The van der Waals surface area contributed by atoms with E-state index in [1.807, 2.05) is 32.0 Å². The van der Waals surface area contributed by atoms with Gasteiger partial charge in [-0.15, -0.1) is 11.3 Å². The third-order valence-electron chi connectivity index (χ3n) is 3.27. The van der Waals surface area contributed by atoms with Crippen LogP contribution in [0.2, 0.25) is 0 Å². The highest BCUT2D eigenvalue weighted by Crippen LogP contribution is 2.28. The van der Waals surface area contributed by atoms with Gasteiger partial charge in [0.1, 0.15) is 10.8 Å². The number of nitrogen functional groups attached to an aromatic ring is 1. The minimum Gasteiger partial charge on any atom is -0.399 e. The summed E-state index contributed by atoms with van der Waals surface area (Å²) in [6.07, 6.45) is 0. The highest BCUT2D eigenvalue weighted by molar-refractivity contribution is 7.09. The lowest BCUT2D eigenvalue weighted by atomic mass is 10.2. The van der Waals surface area contributed by atoms with Crippen molar-refractivity contribution < 1.29 is 0 Å². The number of hydrogen-bond donors (Lipinski definition) is 1. The number of rotatable bonds is 2. The summed E-state index contributed by atoms with van der Waals surface area (Å²) in [5.74, 6) is 0.987. The molecule has 0 fully saturated rings. The first-order chi connectivity index (χ1) is 9.06. The number of hydrogen-bond acceptors (Lipinski definition) is 4. The third-order valence-corrected chi connectivity index (χ3v) is 4.40. The van der Waals surface area contributed by atoms with Gasteiger partial charge in [0.15, 0.2) is 0 Å². The zero-order chi connectivity index (χ0) is 13.6. The standard InChI is InChI=1S/C14H16N4S/c1-8-7-19-14(16-8)9(2)18-10(3)17-12-6-11(15)4-5-13(12)18/h4-7,9H,15H2,1-3H3. The van der Waals surface area contributed by atoms with Crippen LogP contribution in [-0.4, -0.2) is 14.5 Å². The maximum absolute atomic E-state index is 5.81. The Morgan fingerprint density at radius 1 is 1.26 bits per heavy atom. The molecule has 0 aliphatic rings. The van der Waals surface area contributed by atoms with Gasteiger partial charge in [-0.3, -0.25) is 0 Å². The van der Waals surface area contributed by atoms with Gasteiger partial charge in [0.2, 0.25) is 0 Å². The first-order valence-electron chi connectivity index (χ1n) is 6.22. The van der Waals surface area contributed by atoms with Crippen LogP contribution < -0.4 is 5.73 Å². The first kappa shape index (κ1) is 12.2. The Kier molecular flexibility index (Phi) is 2.78. The average Bonchev–Trinajstić information content (AvgIpc) is 2.91. The van der Waals surface area contributed by atoms with Gasteiger partial charge in [-0.2, -0.15) is 0 Å². The summed E-state index contributed by atoms with van der Waals surface area (Å²) in [6, 6.07) is 6.05. The fourth-order valence-corrected chi connectivity index (χ4v) is 3.24. The molecule has 98 valence electrons. The van der Waals surface area contributed by atoms with Crippen molar-refractivity contribution in [3.63, 3.8) is 0 Å². The normalized spacial score (nSPS) is 13.0. The van der Waals surface area contributed by atoms with Crippen molar-refractivity contribution in [2.24, 2.45) is 0 Å². The van der Waals surface area contributed by atoms with E-state index in [0.717, 1.165) is 33.2 Å². The monoisotopic (exact) mass is 272 g/mol. The zero-order valence-electron chi connectivity index (χ0n) is 11.2. The molecular weight excluding hydrogens is 256 g/mol. The Labute approximate surface area is 115 Å². The number of thiazole rings is 1. The molecule has 2 aromatic heterocycles. The molecule has 1 aromatic carbocycles. The van der Waals surface area contributed by atoms with Crippen molar-refractivity contribution in [3.8, 4) is 0 Å². The second-order valence-electron chi connectivity index (χ2n) is 4.78. The van der Waals surface area contributed by atoms with E-state index in [1.165, 1.54) is 0 Å². The van der Waals surface area contributed by atoms with Crippen molar-refractivity contribution in [3.05, 3.63) is 40.1 Å². The molecule has 5 heteroatoms. The number of nitrogens with two attached hydrogens (primary N) is 1. The van der Waals surface area contributed by atoms with Crippen LogP contribution in [0.3, 0.4) is 0 Å². The molecule has 2 N–H and O–H groups in total. The smallest absolute Gasteiger partial charge is 0.116 e. The maximum atomic E-state index is 5.81. The summed E-state index contributed by atoms with van der Waals surface area (Å²) >= 11 is 1.69. The largest absolute Gasteiger partial charge is 0.399 e. The minimum absolute atomic E-state index is 0.187. The van der Waals surface area contributed by atoms with E-state index >= 15 is 0 Å². The molecule has 2 heterocycles. The van der Waals surface area contributed by atoms with Crippen LogP contribution in [0.4, 0.5) is 5.69 Å². The van der Waals surface area contributed by atoms with Crippen LogP contribution in [0.25, 0.3) is 11.0 Å². The highest BCUT2D eigenvalue weighted by Gasteiger charge is 2.17. The Bertz CT molecular complexity index is 741. The van der Waals surface area contributed by atoms with Gasteiger partial charge >= 0.3 is 0 Å². The van der Waals surface area contributed by atoms with Crippen molar-refractivity contribution >= 4 is 28.1 Å². The predicted octanol–water partition coefficient (Wildman–Crippen LogP) is 3.30. The summed E-state index contributed by atoms with van der Waals surface area (Å²) < 4.78 is 2.22. The maximum Gasteiger partial charge on any atom is 0.116 e. The molecule has 0 saturated heterocycles. The molecule has 1 atom stereocenters. The van der Waals surface area contributed by atoms with Crippen LogP contribution in [0.1, 0.15) is 29.5 Å². The van der Waals surface area contributed by atoms with E-state index in [4.69, 9.17) is 5.73 Å². The van der Waals surface area contributed by atoms with Crippen LogP contribution in [0.15, 0.2) is 23.6 Å². The van der Waals surface area contributed by atoms with Gasteiger partial charge in [0, 0.05) is 16.8 Å². The summed E-state index contributed by atoms with van der Waals surface area (Å²) in [6.45, 7) is 6.20. The van der Waals surface area contributed by atoms with E-state index in [0.29, 0.717) is 0 Å². The van der Waals surface area contributed by atoms with Crippen molar-refractivity contribution in [2.45, 2.75) is 26.8 Å². The fraction of sp³-hybridized carbons (Fsp3) is 0.286. The molecule has 19 heavy (non-hydrogen) atoms. The summed E-state index contributed by atoms with van der Waals surface area (Å²) in [7, 11) is 0. The molecule has 0 amide bonds. The molecule has 3 rings (SSSR count). The van der Waals surface area contributed by atoms with Crippen LogP contribution in [0.5, 0.6) is 0 Å². The molecular formula is C14H16N4S. The molecule has 0 aliphatic heterocycles.